The summed E-state index contributed by atoms with van der Waals surface area (Å²) in [6.07, 6.45) is 2.64. The molecule has 1 aliphatic carbocycles. The van der Waals surface area contributed by atoms with Gasteiger partial charge in [0.2, 0.25) is 0 Å². The van der Waals surface area contributed by atoms with Crippen LogP contribution in [-0.2, 0) is 14.3 Å². The maximum absolute atomic E-state index is 11.5. The number of hydrogen-bond donors (Lipinski definition) is 4. The van der Waals surface area contributed by atoms with Gasteiger partial charge < -0.3 is 25.6 Å². The first kappa shape index (κ1) is 17.2. The highest BCUT2D eigenvalue weighted by Gasteiger charge is 2.21. The van der Waals surface area contributed by atoms with Crippen LogP contribution in [0.5, 0.6) is 0 Å². The summed E-state index contributed by atoms with van der Waals surface area (Å²) in [7, 11) is 0. The Labute approximate surface area is 122 Å². The first-order valence-corrected chi connectivity index (χ1v) is 7.05. The van der Waals surface area contributed by atoms with Gasteiger partial charge in [0.05, 0.1) is 0 Å². The second-order valence-corrected chi connectivity index (χ2v) is 5.10. The van der Waals surface area contributed by atoms with E-state index < -0.39 is 24.0 Å². The number of nitrogens with one attached hydrogen (secondary N) is 2. The third kappa shape index (κ3) is 8.85. The third-order valence-electron chi connectivity index (χ3n) is 3.05. The van der Waals surface area contributed by atoms with Crippen molar-refractivity contribution >= 4 is 18.0 Å². The van der Waals surface area contributed by atoms with E-state index in [1.807, 2.05) is 0 Å². The molecule has 8 heteroatoms. The third-order valence-corrected chi connectivity index (χ3v) is 3.05. The summed E-state index contributed by atoms with van der Waals surface area (Å²) >= 11 is 0. The van der Waals surface area contributed by atoms with Crippen molar-refractivity contribution in [2.24, 2.45) is 5.92 Å². The van der Waals surface area contributed by atoms with Gasteiger partial charge in [-0.05, 0) is 31.6 Å². The van der Waals surface area contributed by atoms with E-state index in [1.165, 1.54) is 12.8 Å². The van der Waals surface area contributed by atoms with Crippen LogP contribution in [0.25, 0.3) is 0 Å². The number of ether oxygens (including phenoxy) is 1. The van der Waals surface area contributed by atoms with Gasteiger partial charge in [0.25, 0.3) is 0 Å². The van der Waals surface area contributed by atoms with Gasteiger partial charge in [0.15, 0.2) is 0 Å². The van der Waals surface area contributed by atoms with Crippen molar-refractivity contribution in [3.63, 3.8) is 0 Å². The average molecular weight is 302 g/mol. The van der Waals surface area contributed by atoms with Gasteiger partial charge in [-0.25, -0.2) is 9.59 Å². The smallest absolute Gasteiger partial charge is 0.326 e. The molecule has 0 unspecified atom stereocenters. The van der Waals surface area contributed by atoms with Crippen molar-refractivity contribution in [1.29, 1.82) is 0 Å². The van der Waals surface area contributed by atoms with E-state index in [0.717, 1.165) is 6.61 Å². The van der Waals surface area contributed by atoms with E-state index in [-0.39, 0.29) is 12.8 Å². The Hall–Kier alpha value is -1.83. The number of hydrogen-bond acceptors (Lipinski definition) is 4. The molecular formula is C13H22N2O6. The van der Waals surface area contributed by atoms with E-state index in [2.05, 4.69) is 10.6 Å². The zero-order valence-corrected chi connectivity index (χ0v) is 11.8. The van der Waals surface area contributed by atoms with E-state index in [9.17, 15) is 14.4 Å². The SMILES string of the molecule is O=C(O)CC[C@H](NC(=O)NCCCOCC1CC1)C(=O)O. The minimum absolute atomic E-state index is 0.150. The van der Waals surface area contributed by atoms with Crippen LogP contribution < -0.4 is 10.6 Å². The van der Waals surface area contributed by atoms with Gasteiger partial charge in [-0.2, -0.15) is 0 Å². The molecular weight excluding hydrogens is 280 g/mol. The molecule has 0 heterocycles. The lowest BCUT2D eigenvalue weighted by molar-refractivity contribution is -0.140. The molecule has 120 valence electrons. The van der Waals surface area contributed by atoms with Crippen molar-refractivity contribution < 1.29 is 29.3 Å². The van der Waals surface area contributed by atoms with Crippen LogP contribution in [0.1, 0.15) is 32.1 Å². The largest absolute Gasteiger partial charge is 0.481 e. The highest BCUT2D eigenvalue weighted by molar-refractivity contribution is 5.82. The molecule has 8 nitrogen and oxygen atoms in total. The number of carbonyl (C=O) groups excluding carboxylic acids is 1. The number of carboxylic acids is 2. The number of amides is 2. The minimum atomic E-state index is -1.25. The topological polar surface area (TPSA) is 125 Å². The normalized spacial score (nSPS) is 15.2. The zero-order chi connectivity index (χ0) is 15.7. The molecule has 2 amide bonds. The monoisotopic (exact) mass is 302 g/mol. The van der Waals surface area contributed by atoms with Gasteiger partial charge in [0.1, 0.15) is 6.04 Å². The molecule has 0 radical (unpaired) electrons. The van der Waals surface area contributed by atoms with Crippen molar-refractivity contribution in [2.45, 2.75) is 38.1 Å². The van der Waals surface area contributed by atoms with Crippen LogP contribution >= 0.6 is 0 Å². The van der Waals surface area contributed by atoms with E-state index >= 15 is 0 Å². The molecule has 0 aromatic carbocycles. The average Bonchev–Trinajstić information content (AvgIpc) is 3.22. The lowest BCUT2D eigenvalue weighted by Gasteiger charge is -2.14. The van der Waals surface area contributed by atoms with Crippen LogP contribution in [0.15, 0.2) is 0 Å². The predicted molar refractivity (Wildman–Crippen MR) is 73.0 cm³/mol. The first-order chi connectivity index (χ1) is 9.99. The molecule has 0 saturated heterocycles. The summed E-state index contributed by atoms with van der Waals surface area (Å²) in [6, 6.07) is -1.82. The fourth-order valence-electron chi connectivity index (χ4n) is 1.65. The van der Waals surface area contributed by atoms with Crippen molar-refractivity contribution in [3.8, 4) is 0 Å². The Bertz CT molecular complexity index is 370. The van der Waals surface area contributed by atoms with Crippen LogP contribution in [0.2, 0.25) is 0 Å². The molecule has 21 heavy (non-hydrogen) atoms. The summed E-state index contributed by atoms with van der Waals surface area (Å²) in [5.41, 5.74) is 0. The molecule has 0 aromatic heterocycles. The Morgan fingerprint density at radius 2 is 1.95 bits per heavy atom. The highest BCUT2D eigenvalue weighted by Crippen LogP contribution is 2.28. The number of urea groups is 1. The summed E-state index contributed by atoms with van der Waals surface area (Å²) < 4.78 is 5.39. The molecule has 4 N–H and O–H groups in total. The van der Waals surface area contributed by atoms with Crippen molar-refractivity contribution in [1.82, 2.24) is 10.6 Å². The number of carbonyl (C=O) groups is 3. The summed E-state index contributed by atoms with van der Waals surface area (Å²) in [5.74, 6) is -1.65. The van der Waals surface area contributed by atoms with Crippen molar-refractivity contribution in [2.75, 3.05) is 19.8 Å². The van der Waals surface area contributed by atoms with Gasteiger partial charge >= 0.3 is 18.0 Å². The number of aliphatic carboxylic acids is 2. The summed E-state index contributed by atoms with van der Waals surface area (Å²) in [5, 5.41) is 22.1. The lowest BCUT2D eigenvalue weighted by atomic mass is 10.1. The second kappa shape index (κ2) is 9.17. The molecule has 0 spiro atoms. The number of carboxylic acid groups (broad SMARTS) is 2. The minimum Gasteiger partial charge on any atom is -0.481 e. The Balaban J connectivity index is 2.07. The summed E-state index contributed by atoms with van der Waals surface area (Å²) in [4.78, 5) is 32.8. The Morgan fingerprint density at radius 3 is 2.52 bits per heavy atom. The van der Waals surface area contributed by atoms with Gasteiger partial charge in [0, 0.05) is 26.2 Å². The van der Waals surface area contributed by atoms with E-state index in [4.69, 9.17) is 14.9 Å². The molecule has 1 aliphatic rings. The van der Waals surface area contributed by atoms with Gasteiger partial charge in [-0.3, -0.25) is 4.79 Å². The molecule has 1 saturated carbocycles. The molecule has 0 bridgehead atoms. The van der Waals surface area contributed by atoms with Gasteiger partial charge in [-0.15, -0.1) is 0 Å². The maximum Gasteiger partial charge on any atom is 0.326 e. The van der Waals surface area contributed by atoms with E-state index in [0.29, 0.717) is 25.5 Å². The quantitative estimate of drug-likeness (QED) is 0.410. The molecule has 0 aromatic rings. The summed E-state index contributed by atoms with van der Waals surface area (Å²) in [6.45, 7) is 1.70. The standard InChI is InChI=1S/C13H22N2O6/c16-11(17)5-4-10(12(18)19)15-13(20)14-6-1-7-21-8-9-2-3-9/h9-10H,1-8H2,(H,16,17)(H,18,19)(H2,14,15,20)/t10-/m0/s1. The molecule has 1 atom stereocenters. The second-order valence-electron chi connectivity index (χ2n) is 5.10. The number of rotatable bonds is 11. The van der Waals surface area contributed by atoms with Crippen LogP contribution in [0, 0.1) is 5.92 Å². The van der Waals surface area contributed by atoms with Crippen LogP contribution in [-0.4, -0.2) is 54.0 Å². The van der Waals surface area contributed by atoms with E-state index in [1.54, 1.807) is 0 Å². The van der Waals surface area contributed by atoms with Gasteiger partial charge in [-0.1, -0.05) is 0 Å². The highest BCUT2D eigenvalue weighted by atomic mass is 16.5. The molecule has 0 aliphatic heterocycles. The fourth-order valence-corrected chi connectivity index (χ4v) is 1.65. The molecule has 1 fully saturated rings. The lowest BCUT2D eigenvalue weighted by Crippen LogP contribution is -2.46. The Kier molecular flexibility index (Phi) is 7.52. The van der Waals surface area contributed by atoms with Crippen LogP contribution in [0.3, 0.4) is 0 Å². The zero-order valence-electron chi connectivity index (χ0n) is 11.8. The molecule has 1 rings (SSSR count). The maximum atomic E-state index is 11.5. The Morgan fingerprint density at radius 1 is 1.24 bits per heavy atom. The first-order valence-electron chi connectivity index (χ1n) is 7.05. The van der Waals surface area contributed by atoms with Crippen molar-refractivity contribution in [3.05, 3.63) is 0 Å². The fraction of sp³-hybridized carbons (Fsp3) is 0.769. The van der Waals surface area contributed by atoms with Crippen LogP contribution in [0.4, 0.5) is 4.79 Å². The predicted octanol–water partition coefficient (Wildman–Crippen LogP) is 0.420.